The van der Waals surface area contributed by atoms with Crippen LogP contribution >= 0.6 is 0 Å². The van der Waals surface area contributed by atoms with Gasteiger partial charge in [0.15, 0.2) is 0 Å². The van der Waals surface area contributed by atoms with Gasteiger partial charge in [0.25, 0.3) is 0 Å². The Morgan fingerprint density at radius 1 is 1.24 bits per heavy atom. The Morgan fingerprint density at radius 3 is 2.53 bits per heavy atom. The molecule has 0 aliphatic carbocycles. The molecule has 0 N–H and O–H groups in total. The van der Waals surface area contributed by atoms with Gasteiger partial charge >= 0.3 is 0 Å². The highest BCUT2D eigenvalue weighted by Crippen LogP contribution is 2.08. The van der Waals surface area contributed by atoms with Crippen molar-refractivity contribution in [2.24, 2.45) is 5.16 Å². The van der Waals surface area contributed by atoms with Crippen LogP contribution < -0.4 is 0 Å². The zero-order valence-electron chi connectivity index (χ0n) is 10.4. The van der Waals surface area contributed by atoms with Crippen molar-refractivity contribution in [1.82, 2.24) is 4.90 Å². The summed E-state index contributed by atoms with van der Waals surface area (Å²) < 4.78 is 0. The standard InChI is InChI=1S/C14H19N2O/c1-12-3-5-13(6-4-12)11-17-15-14-7-9-16(2)10-8-14/h3-6H,2,7-11H2,1H3/q-1. The van der Waals surface area contributed by atoms with Gasteiger partial charge in [-0.15, -0.1) is 0 Å². The maximum Gasteiger partial charge on any atom is 0.142 e. The van der Waals surface area contributed by atoms with E-state index in [9.17, 15) is 0 Å². The maximum absolute atomic E-state index is 5.38. The van der Waals surface area contributed by atoms with Gasteiger partial charge in [-0.05, 0) is 38.4 Å². The molecule has 3 heteroatoms. The Labute approximate surface area is 103 Å². The number of nitrogens with zero attached hydrogens (tertiary/aromatic N) is 2. The SMILES string of the molecule is [CH2-]N1CCC(=NOCc2ccc(C)cc2)CC1. The summed E-state index contributed by atoms with van der Waals surface area (Å²) in [5, 5.41) is 4.20. The summed E-state index contributed by atoms with van der Waals surface area (Å²) >= 11 is 0. The average molecular weight is 231 g/mol. The molecular formula is C14H19N2O-. The fourth-order valence-corrected chi connectivity index (χ4v) is 1.78. The van der Waals surface area contributed by atoms with E-state index in [4.69, 9.17) is 4.84 Å². The first-order chi connectivity index (χ1) is 8.24. The molecule has 0 atom stereocenters. The number of hydrogen-bond donors (Lipinski definition) is 0. The van der Waals surface area contributed by atoms with Gasteiger partial charge in [-0.3, -0.25) is 7.05 Å². The molecule has 17 heavy (non-hydrogen) atoms. The average Bonchev–Trinajstić information content (AvgIpc) is 2.34. The summed E-state index contributed by atoms with van der Waals surface area (Å²) in [4.78, 5) is 7.45. The van der Waals surface area contributed by atoms with Crippen molar-refractivity contribution in [3.05, 3.63) is 42.4 Å². The van der Waals surface area contributed by atoms with Crippen LogP contribution in [-0.2, 0) is 11.4 Å². The van der Waals surface area contributed by atoms with Crippen LogP contribution in [0.3, 0.4) is 0 Å². The Morgan fingerprint density at radius 2 is 1.88 bits per heavy atom. The zero-order valence-corrected chi connectivity index (χ0v) is 10.4. The van der Waals surface area contributed by atoms with Crippen LogP contribution in [0.4, 0.5) is 0 Å². The molecule has 1 heterocycles. The lowest BCUT2D eigenvalue weighted by Gasteiger charge is -2.29. The van der Waals surface area contributed by atoms with Gasteiger partial charge in [0.2, 0.25) is 0 Å². The fraction of sp³-hybridized carbons (Fsp3) is 0.429. The first-order valence-corrected chi connectivity index (χ1v) is 6.03. The van der Waals surface area contributed by atoms with Gasteiger partial charge in [-0.25, -0.2) is 0 Å². The van der Waals surface area contributed by atoms with Crippen LogP contribution in [0.1, 0.15) is 24.0 Å². The van der Waals surface area contributed by atoms with E-state index in [1.54, 1.807) is 0 Å². The Balaban J connectivity index is 1.79. The second-order valence-corrected chi connectivity index (χ2v) is 4.53. The molecule has 1 aromatic rings. The van der Waals surface area contributed by atoms with Crippen molar-refractivity contribution in [2.45, 2.75) is 26.4 Å². The molecule has 0 unspecified atom stereocenters. The minimum Gasteiger partial charge on any atom is -0.459 e. The molecule has 0 bridgehead atoms. The van der Waals surface area contributed by atoms with Crippen molar-refractivity contribution < 1.29 is 4.84 Å². The molecular weight excluding hydrogens is 212 g/mol. The predicted molar refractivity (Wildman–Crippen MR) is 69.6 cm³/mol. The third-order valence-electron chi connectivity index (χ3n) is 2.98. The van der Waals surface area contributed by atoms with Crippen LogP contribution in [0.25, 0.3) is 0 Å². The molecule has 92 valence electrons. The predicted octanol–water partition coefficient (Wildman–Crippen LogP) is 2.76. The minimum atomic E-state index is 0.553. The van der Waals surface area contributed by atoms with Gasteiger partial charge in [-0.1, -0.05) is 35.0 Å². The largest absolute Gasteiger partial charge is 0.459 e. The molecule has 0 aromatic heterocycles. The molecule has 2 rings (SSSR count). The van der Waals surface area contributed by atoms with E-state index in [2.05, 4.69) is 48.3 Å². The van der Waals surface area contributed by atoms with Crippen LogP contribution in [0, 0.1) is 14.0 Å². The van der Waals surface area contributed by atoms with E-state index in [0.29, 0.717) is 6.61 Å². The number of rotatable bonds is 3. The Hall–Kier alpha value is -1.35. The topological polar surface area (TPSA) is 24.8 Å². The lowest BCUT2D eigenvalue weighted by molar-refractivity contribution is 0.128. The van der Waals surface area contributed by atoms with E-state index in [1.807, 2.05) is 0 Å². The molecule has 0 saturated carbocycles. The minimum absolute atomic E-state index is 0.553. The second-order valence-electron chi connectivity index (χ2n) is 4.53. The number of benzene rings is 1. The molecule has 1 aliphatic rings. The van der Waals surface area contributed by atoms with Gasteiger partial charge in [0.05, 0.1) is 5.71 Å². The van der Waals surface area contributed by atoms with Crippen LogP contribution in [0.2, 0.25) is 0 Å². The number of aryl methyl sites for hydroxylation is 1. The molecule has 1 aliphatic heterocycles. The summed E-state index contributed by atoms with van der Waals surface area (Å²) in [7, 11) is 3.91. The molecule has 1 fully saturated rings. The molecule has 0 radical (unpaired) electrons. The zero-order chi connectivity index (χ0) is 12.1. The quantitative estimate of drug-likeness (QED) is 0.590. The molecule has 0 amide bonds. The monoisotopic (exact) mass is 231 g/mol. The van der Waals surface area contributed by atoms with Crippen LogP contribution in [0.5, 0.6) is 0 Å². The smallest absolute Gasteiger partial charge is 0.142 e. The second kappa shape index (κ2) is 5.82. The summed E-state index contributed by atoms with van der Waals surface area (Å²) in [6.07, 6.45) is 1.94. The Kier molecular flexibility index (Phi) is 4.15. The maximum atomic E-state index is 5.38. The molecule has 1 saturated heterocycles. The van der Waals surface area contributed by atoms with E-state index < -0.39 is 0 Å². The van der Waals surface area contributed by atoms with Gasteiger partial charge in [-0.2, -0.15) is 0 Å². The van der Waals surface area contributed by atoms with Gasteiger partial charge in [0, 0.05) is 0 Å². The highest BCUT2D eigenvalue weighted by Gasteiger charge is 2.07. The summed E-state index contributed by atoms with van der Waals surface area (Å²) in [5.74, 6) is 0. The van der Waals surface area contributed by atoms with Crippen molar-refractivity contribution in [1.29, 1.82) is 0 Å². The van der Waals surface area contributed by atoms with Crippen LogP contribution in [-0.4, -0.2) is 23.7 Å². The number of likely N-dealkylation sites (tertiary alicyclic amines) is 1. The van der Waals surface area contributed by atoms with Crippen molar-refractivity contribution in [3.63, 3.8) is 0 Å². The highest BCUT2D eigenvalue weighted by atomic mass is 16.6. The fourth-order valence-electron chi connectivity index (χ4n) is 1.78. The molecule has 0 spiro atoms. The van der Waals surface area contributed by atoms with E-state index in [1.165, 1.54) is 5.56 Å². The van der Waals surface area contributed by atoms with Crippen molar-refractivity contribution >= 4 is 5.71 Å². The highest BCUT2D eigenvalue weighted by molar-refractivity contribution is 5.84. The van der Waals surface area contributed by atoms with E-state index >= 15 is 0 Å². The lowest BCUT2D eigenvalue weighted by Crippen LogP contribution is -2.28. The number of hydrogen-bond acceptors (Lipinski definition) is 3. The van der Waals surface area contributed by atoms with Crippen molar-refractivity contribution in [2.75, 3.05) is 13.1 Å². The van der Waals surface area contributed by atoms with Gasteiger partial charge < -0.3 is 9.74 Å². The third-order valence-corrected chi connectivity index (χ3v) is 2.98. The molecule has 3 nitrogen and oxygen atoms in total. The first kappa shape index (κ1) is 12.1. The van der Waals surface area contributed by atoms with Gasteiger partial charge in [0.1, 0.15) is 6.61 Å². The first-order valence-electron chi connectivity index (χ1n) is 6.03. The normalized spacial score (nSPS) is 16.9. The van der Waals surface area contributed by atoms with Crippen LogP contribution in [0.15, 0.2) is 29.4 Å². The van der Waals surface area contributed by atoms with E-state index in [-0.39, 0.29) is 0 Å². The third kappa shape index (κ3) is 3.86. The molecule has 1 aromatic carbocycles. The number of oxime groups is 1. The summed E-state index contributed by atoms with van der Waals surface area (Å²) in [6.45, 7) is 4.59. The lowest BCUT2D eigenvalue weighted by atomic mass is 10.1. The van der Waals surface area contributed by atoms with E-state index in [0.717, 1.165) is 37.2 Å². The number of piperidine rings is 1. The Bertz CT molecular complexity index is 374. The van der Waals surface area contributed by atoms with Crippen molar-refractivity contribution in [3.8, 4) is 0 Å². The summed E-state index contributed by atoms with van der Waals surface area (Å²) in [5.41, 5.74) is 3.58. The summed E-state index contributed by atoms with van der Waals surface area (Å²) in [6, 6.07) is 8.34.